The van der Waals surface area contributed by atoms with E-state index in [1.165, 1.54) is 28.6 Å². The van der Waals surface area contributed by atoms with Gasteiger partial charge < -0.3 is 4.74 Å². The number of ether oxygens (including phenoxy) is 1. The van der Waals surface area contributed by atoms with E-state index in [2.05, 4.69) is 0 Å². The van der Waals surface area contributed by atoms with Crippen molar-refractivity contribution in [2.45, 2.75) is 24.3 Å². The lowest BCUT2D eigenvalue weighted by Crippen LogP contribution is -2.38. The second-order valence-corrected chi connectivity index (χ2v) is 7.45. The fraction of sp³-hybridized carbons (Fsp3) is 0.294. The average Bonchev–Trinajstić information content (AvgIpc) is 2.55. The molecule has 0 bridgehead atoms. The van der Waals surface area contributed by atoms with E-state index in [1.807, 2.05) is 25.1 Å². The molecule has 1 aliphatic heterocycles. The zero-order chi connectivity index (χ0) is 16.6. The fourth-order valence-corrected chi connectivity index (χ4v) is 4.60. The van der Waals surface area contributed by atoms with Crippen molar-refractivity contribution in [3.05, 3.63) is 59.4 Å². The molecule has 2 aromatic rings. The number of fused-ring (bicyclic) bond motifs is 1. The van der Waals surface area contributed by atoms with Gasteiger partial charge >= 0.3 is 0 Å². The van der Waals surface area contributed by atoms with Crippen LogP contribution in [0.15, 0.2) is 47.4 Å². The van der Waals surface area contributed by atoms with E-state index in [4.69, 9.17) is 4.74 Å². The second-order valence-electron chi connectivity index (χ2n) is 5.56. The van der Waals surface area contributed by atoms with Crippen LogP contribution in [0.5, 0.6) is 5.75 Å². The predicted molar refractivity (Wildman–Crippen MR) is 85.4 cm³/mol. The summed E-state index contributed by atoms with van der Waals surface area (Å²) < 4.78 is 45.4. The highest BCUT2D eigenvalue weighted by molar-refractivity contribution is 7.89. The average molecular weight is 335 g/mol. The molecule has 1 heterocycles. The minimum Gasteiger partial charge on any atom is -0.497 e. The number of hydrogen-bond acceptors (Lipinski definition) is 3. The normalized spacial score (nSPS) is 18.5. The maximum Gasteiger partial charge on any atom is 0.243 e. The maximum atomic E-state index is 13.0. The third kappa shape index (κ3) is 2.84. The molecule has 0 spiro atoms. The Balaban J connectivity index is 1.96. The zero-order valence-electron chi connectivity index (χ0n) is 13.0. The molecule has 6 heteroatoms. The standard InChI is InChI=1S/C17H18FNO3S/c1-12-17-8-5-15(22-2)11-13(17)9-10-19(12)23(20,21)16-6-3-14(18)4-7-16/h3-8,11-12H,9-10H2,1-2H3. The molecule has 0 N–H and O–H groups in total. The van der Waals surface area contributed by atoms with E-state index >= 15 is 0 Å². The van der Waals surface area contributed by atoms with Gasteiger partial charge in [-0.2, -0.15) is 4.31 Å². The molecule has 0 radical (unpaired) electrons. The van der Waals surface area contributed by atoms with Crippen molar-refractivity contribution < 1.29 is 17.5 Å². The van der Waals surface area contributed by atoms with Gasteiger partial charge in [-0.15, -0.1) is 0 Å². The van der Waals surface area contributed by atoms with E-state index < -0.39 is 15.8 Å². The summed E-state index contributed by atoms with van der Waals surface area (Å²) in [6.07, 6.45) is 0.622. The molecular weight excluding hydrogens is 317 g/mol. The number of nitrogens with zero attached hydrogens (tertiary/aromatic N) is 1. The molecule has 3 rings (SSSR count). The Morgan fingerprint density at radius 1 is 1.17 bits per heavy atom. The Hall–Kier alpha value is -1.92. The Kier molecular flexibility index (Phi) is 4.12. The lowest BCUT2D eigenvalue weighted by atomic mass is 9.95. The summed E-state index contributed by atoms with van der Waals surface area (Å²) in [7, 11) is -2.04. The Morgan fingerprint density at radius 2 is 1.87 bits per heavy atom. The largest absolute Gasteiger partial charge is 0.497 e. The highest BCUT2D eigenvalue weighted by atomic mass is 32.2. The van der Waals surface area contributed by atoms with E-state index in [0.717, 1.165) is 16.9 Å². The van der Waals surface area contributed by atoms with Gasteiger partial charge in [-0.05, 0) is 60.9 Å². The van der Waals surface area contributed by atoms with Crippen LogP contribution in [0.2, 0.25) is 0 Å². The Bertz CT molecular complexity index is 818. The summed E-state index contributed by atoms with van der Waals surface area (Å²) in [5, 5.41) is 0. The van der Waals surface area contributed by atoms with Crippen molar-refractivity contribution in [3.8, 4) is 5.75 Å². The molecule has 23 heavy (non-hydrogen) atoms. The minimum absolute atomic E-state index is 0.114. The number of rotatable bonds is 3. The molecule has 0 saturated carbocycles. The highest BCUT2D eigenvalue weighted by Crippen LogP contribution is 2.35. The van der Waals surface area contributed by atoms with Crippen LogP contribution >= 0.6 is 0 Å². The molecule has 2 aromatic carbocycles. The number of halogens is 1. The molecule has 1 aliphatic rings. The Morgan fingerprint density at radius 3 is 2.52 bits per heavy atom. The van der Waals surface area contributed by atoms with Crippen LogP contribution in [0.25, 0.3) is 0 Å². The molecule has 1 atom stereocenters. The summed E-state index contributed by atoms with van der Waals surface area (Å²) in [4.78, 5) is 0.114. The van der Waals surface area contributed by atoms with Gasteiger partial charge in [0, 0.05) is 12.6 Å². The Labute approximate surface area is 135 Å². The molecular formula is C17H18FNO3S. The topological polar surface area (TPSA) is 46.6 Å². The van der Waals surface area contributed by atoms with Gasteiger partial charge in [0.1, 0.15) is 11.6 Å². The quantitative estimate of drug-likeness (QED) is 0.866. The van der Waals surface area contributed by atoms with E-state index in [9.17, 15) is 12.8 Å². The van der Waals surface area contributed by atoms with Crippen molar-refractivity contribution in [1.82, 2.24) is 4.31 Å². The summed E-state index contributed by atoms with van der Waals surface area (Å²) in [6, 6.07) is 10.4. The number of hydrogen-bond donors (Lipinski definition) is 0. The van der Waals surface area contributed by atoms with Gasteiger partial charge in [0.25, 0.3) is 0 Å². The highest BCUT2D eigenvalue weighted by Gasteiger charge is 2.33. The molecule has 0 fully saturated rings. The SMILES string of the molecule is COc1ccc2c(c1)CCN(S(=O)(=O)c1ccc(F)cc1)C2C. The van der Waals surface area contributed by atoms with Crippen LogP contribution in [-0.4, -0.2) is 26.4 Å². The third-order valence-corrected chi connectivity index (χ3v) is 6.24. The van der Waals surface area contributed by atoms with Gasteiger partial charge in [-0.25, -0.2) is 12.8 Å². The van der Waals surface area contributed by atoms with Gasteiger partial charge in [-0.1, -0.05) is 6.07 Å². The summed E-state index contributed by atoms with van der Waals surface area (Å²) in [5.74, 6) is 0.318. The molecule has 122 valence electrons. The van der Waals surface area contributed by atoms with Gasteiger partial charge in [0.15, 0.2) is 0 Å². The molecule has 0 aromatic heterocycles. The lowest BCUT2D eigenvalue weighted by molar-refractivity contribution is 0.325. The molecule has 1 unspecified atom stereocenters. The summed E-state index contributed by atoms with van der Waals surface area (Å²) in [5.41, 5.74) is 2.07. The first-order valence-corrected chi connectivity index (χ1v) is 8.81. The van der Waals surface area contributed by atoms with Crippen LogP contribution in [-0.2, 0) is 16.4 Å². The van der Waals surface area contributed by atoms with Crippen LogP contribution in [0, 0.1) is 5.82 Å². The van der Waals surface area contributed by atoms with Crippen LogP contribution in [0.4, 0.5) is 4.39 Å². The predicted octanol–water partition coefficient (Wildman–Crippen LogP) is 3.14. The molecule has 0 amide bonds. The summed E-state index contributed by atoms with van der Waals surface area (Å²) >= 11 is 0. The zero-order valence-corrected chi connectivity index (χ0v) is 13.8. The van der Waals surface area contributed by atoms with E-state index in [1.54, 1.807) is 7.11 Å². The maximum absolute atomic E-state index is 13.0. The molecule has 0 saturated heterocycles. The van der Waals surface area contributed by atoms with Crippen molar-refractivity contribution in [2.75, 3.05) is 13.7 Å². The fourth-order valence-electron chi connectivity index (χ4n) is 2.98. The second kappa shape index (κ2) is 5.94. The molecule has 4 nitrogen and oxygen atoms in total. The van der Waals surface area contributed by atoms with Crippen LogP contribution < -0.4 is 4.74 Å². The minimum atomic E-state index is -3.65. The van der Waals surface area contributed by atoms with Crippen molar-refractivity contribution in [1.29, 1.82) is 0 Å². The molecule has 0 aliphatic carbocycles. The van der Waals surface area contributed by atoms with Gasteiger partial charge in [0.2, 0.25) is 10.0 Å². The van der Waals surface area contributed by atoms with Crippen molar-refractivity contribution in [3.63, 3.8) is 0 Å². The number of benzene rings is 2. The lowest BCUT2D eigenvalue weighted by Gasteiger charge is -2.34. The number of methoxy groups -OCH3 is 1. The van der Waals surface area contributed by atoms with E-state index in [-0.39, 0.29) is 10.9 Å². The van der Waals surface area contributed by atoms with Crippen molar-refractivity contribution in [2.24, 2.45) is 0 Å². The third-order valence-electron chi connectivity index (χ3n) is 4.25. The van der Waals surface area contributed by atoms with Gasteiger partial charge in [-0.3, -0.25) is 0 Å². The van der Waals surface area contributed by atoms with Crippen LogP contribution in [0.1, 0.15) is 24.1 Å². The smallest absolute Gasteiger partial charge is 0.243 e. The van der Waals surface area contributed by atoms with Gasteiger partial charge in [0.05, 0.1) is 12.0 Å². The van der Waals surface area contributed by atoms with Crippen LogP contribution in [0.3, 0.4) is 0 Å². The monoisotopic (exact) mass is 335 g/mol. The van der Waals surface area contributed by atoms with E-state index in [0.29, 0.717) is 13.0 Å². The first kappa shape index (κ1) is 16.0. The first-order chi connectivity index (χ1) is 10.9. The van der Waals surface area contributed by atoms with Crippen molar-refractivity contribution >= 4 is 10.0 Å². The summed E-state index contributed by atoms with van der Waals surface area (Å²) in [6.45, 7) is 2.26. The first-order valence-electron chi connectivity index (χ1n) is 7.37. The number of sulfonamides is 1.